The molecule has 3 aliphatic heterocycles. The first-order valence-corrected chi connectivity index (χ1v) is 13.5. The van der Waals surface area contributed by atoms with Crippen LogP contribution in [0.4, 0.5) is 0 Å². The number of carboxylic acids is 1. The number of Topliss-reactive ketones (excluding diaryl/α,β-unsaturated/α-hetero) is 1. The van der Waals surface area contributed by atoms with Gasteiger partial charge in [0.2, 0.25) is 0 Å². The van der Waals surface area contributed by atoms with Crippen LogP contribution in [0.15, 0.2) is 34.5 Å². The summed E-state index contributed by atoms with van der Waals surface area (Å²) in [5.74, 6) is 1.50. The van der Waals surface area contributed by atoms with Crippen LogP contribution in [0.1, 0.15) is 58.4 Å². The van der Waals surface area contributed by atoms with Crippen molar-refractivity contribution in [2.75, 3.05) is 26.2 Å². The molecule has 2 saturated heterocycles. The van der Waals surface area contributed by atoms with Gasteiger partial charge in [-0.25, -0.2) is 0 Å². The lowest BCUT2D eigenvalue weighted by molar-refractivity contribution is -0.143. The van der Waals surface area contributed by atoms with Gasteiger partial charge in [0.15, 0.2) is 5.78 Å². The standard InChI is InChI=1S/C25H36ClN5O2.C2H4O2/c1-17(2)3-8-22(32)23-15-31(21(16-33-23)13-18-4-6-19(26)7-5-18)20-9-11-30(12-10-20)25-14-24(27)28-29-25;1-2(3)4/h4-7,17,20-21,23H,3,8-16H2,1-2H3,(H2,27,28);1H3,(H,3,4)/t21-,23+;/m0./s1. The number of carbonyl (C=O) groups excluding carboxylic acids is 1. The maximum absolute atomic E-state index is 12.9. The van der Waals surface area contributed by atoms with Crippen molar-refractivity contribution in [3.63, 3.8) is 0 Å². The fourth-order valence-electron chi connectivity index (χ4n) is 5.00. The molecule has 0 amide bonds. The molecule has 0 aliphatic carbocycles. The number of piperidine rings is 1. The summed E-state index contributed by atoms with van der Waals surface area (Å²) in [5, 5.41) is 16.4. The van der Waals surface area contributed by atoms with Gasteiger partial charge in [-0.15, -0.1) is 10.2 Å². The van der Waals surface area contributed by atoms with Crippen molar-refractivity contribution in [1.29, 1.82) is 0 Å². The minimum atomic E-state index is -0.833. The summed E-state index contributed by atoms with van der Waals surface area (Å²) >= 11 is 6.08. The normalized spacial score (nSPS) is 22.8. The van der Waals surface area contributed by atoms with E-state index >= 15 is 0 Å². The van der Waals surface area contributed by atoms with E-state index in [1.54, 1.807) is 0 Å². The van der Waals surface area contributed by atoms with Crippen molar-refractivity contribution < 1.29 is 19.4 Å². The molecule has 10 heteroatoms. The number of halogens is 1. The predicted octanol–water partition coefficient (Wildman–Crippen LogP) is 3.59. The number of nitrogens with zero attached hydrogens (tertiary/aromatic N) is 4. The van der Waals surface area contributed by atoms with Crippen molar-refractivity contribution in [3.05, 3.63) is 34.9 Å². The highest BCUT2D eigenvalue weighted by Crippen LogP contribution is 2.27. The van der Waals surface area contributed by atoms with Gasteiger partial charge in [-0.3, -0.25) is 14.5 Å². The van der Waals surface area contributed by atoms with E-state index in [2.05, 4.69) is 46.0 Å². The second-order valence-corrected chi connectivity index (χ2v) is 10.9. The molecule has 3 heterocycles. The number of hydrogen-bond acceptors (Lipinski definition) is 8. The summed E-state index contributed by atoms with van der Waals surface area (Å²) in [7, 11) is 0. The molecule has 4 rings (SSSR count). The van der Waals surface area contributed by atoms with Crippen molar-refractivity contribution >= 4 is 35.0 Å². The lowest BCUT2D eigenvalue weighted by atomic mass is 9.94. The summed E-state index contributed by atoms with van der Waals surface area (Å²) in [4.78, 5) is 26.7. The number of aliphatic carboxylic acids is 1. The molecule has 1 aromatic rings. The minimum absolute atomic E-state index is 0.240. The average molecular weight is 534 g/mol. The number of ketones is 1. The Hall–Kier alpha value is -2.49. The van der Waals surface area contributed by atoms with Gasteiger partial charge >= 0.3 is 0 Å². The third kappa shape index (κ3) is 9.09. The predicted molar refractivity (Wildman–Crippen MR) is 146 cm³/mol. The number of benzene rings is 1. The van der Waals surface area contributed by atoms with Gasteiger partial charge in [0.05, 0.1) is 13.0 Å². The maximum Gasteiger partial charge on any atom is 0.300 e. The average Bonchev–Trinajstić information content (AvgIpc) is 3.30. The van der Waals surface area contributed by atoms with Gasteiger partial charge in [0, 0.05) is 50.1 Å². The number of ether oxygens (including phenoxy) is 1. The van der Waals surface area contributed by atoms with Crippen LogP contribution in [0, 0.1) is 5.92 Å². The van der Waals surface area contributed by atoms with Crippen LogP contribution in [0.25, 0.3) is 0 Å². The second kappa shape index (κ2) is 13.9. The van der Waals surface area contributed by atoms with Crippen molar-refractivity contribution in [2.45, 2.75) is 77.5 Å². The van der Waals surface area contributed by atoms with Gasteiger partial charge in [0.25, 0.3) is 5.97 Å². The Kier molecular flexibility index (Phi) is 10.9. The Morgan fingerprint density at radius 2 is 1.84 bits per heavy atom. The summed E-state index contributed by atoms with van der Waals surface area (Å²) in [6.07, 6.45) is 4.79. The summed E-state index contributed by atoms with van der Waals surface area (Å²) < 4.78 is 6.14. The van der Waals surface area contributed by atoms with Crippen molar-refractivity contribution in [1.82, 2.24) is 9.80 Å². The fourth-order valence-corrected chi connectivity index (χ4v) is 5.13. The zero-order valence-electron chi connectivity index (χ0n) is 22.1. The number of hydrogen-bond donors (Lipinski definition) is 2. The first-order valence-electron chi connectivity index (χ1n) is 13.1. The van der Waals surface area contributed by atoms with Crippen LogP contribution in [0.5, 0.6) is 0 Å². The quantitative estimate of drug-likeness (QED) is 0.549. The van der Waals surface area contributed by atoms with Crippen molar-refractivity contribution in [3.8, 4) is 0 Å². The van der Waals surface area contributed by atoms with E-state index in [4.69, 9.17) is 32.0 Å². The highest BCUT2D eigenvalue weighted by atomic mass is 35.5. The molecule has 0 radical (unpaired) electrons. The molecular formula is C27H40ClN5O4. The number of carboxylic acid groups (broad SMARTS) is 1. The Morgan fingerprint density at radius 1 is 1.19 bits per heavy atom. The molecule has 2 fully saturated rings. The highest BCUT2D eigenvalue weighted by Gasteiger charge is 2.38. The number of likely N-dealkylation sites (tertiary alicyclic amines) is 1. The van der Waals surface area contributed by atoms with E-state index in [1.807, 2.05) is 12.1 Å². The van der Waals surface area contributed by atoms with Gasteiger partial charge in [-0.2, -0.15) is 0 Å². The smallest absolute Gasteiger partial charge is 0.300 e. The molecule has 0 spiro atoms. The van der Waals surface area contributed by atoms with E-state index in [0.717, 1.165) is 56.6 Å². The molecule has 0 bridgehead atoms. The lowest BCUT2D eigenvalue weighted by Crippen LogP contribution is -2.58. The van der Waals surface area contributed by atoms with E-state index in [9.17, 15) is 4.79 Å². The Balaban J connectivity index is 0.000000886. The third-order valence-corrected chi connectivity index (χ3v) is 7.23. The highest BCUT2D eigenvalue weighted by molar-refractivity contribution is 6.30. The molecule has 37 heavy (non-hydrogen) atoms. The number of nitrogens with two attached hydrogens (primary N) is 1. The van der Waals surface area contributed by atoms with Crippen LogP contribution in [0.2, 0.25) is 5.02 Å². The van der Waals surface area contributed by atoms with E-state index in [0.29, 0.717) is 43.8 Å². The van der Waals surface area contributed by atoms with Gasteiger partial charge in [0.1, 0.15) is 17.8 Å². The summed E-state index contributed by atoms with van der Waals surface area (Å²) in [6.45, 7) is 8.52. The molecule has 1 aromatic carbocycles. The SMILES string of the molecule is CC(=O)O.CC(C)CCC(=O)[C@H]1CN(C2CCN(C3=NN=C(N)C3)CC2)[C@@H](Cc2ccc(Cl)cc2)CO1. The van der Waals surface area contributed by atoms with Crippen LogP contribution in [-0.2, 0) is 20.7 Å². The minimum Gasteiger partial charge on any atom is -0.481 e. The maximum atomic E-state index is 12.9. The lowest BCUT2D eigenvalue weighted by Gasteiger charge is -2.46. The number of amidine groups is 2. The van der Waals surface area contributed by atoms with Crippen molar-refractivity contribution in [2.24, 2.45) is 21.9 Å². The Labute approximate surface area is 224 Å². The third-order valence-electron chi connectivity index (χ3n) is 6.98. The fraction of sp³-hybridized carbons (Fsp3) is 0.630. The van der Waals surface area contributed by atoms with Gasteiger partial charge in [-0.05, 0) is 49.3 Å². The molecule has 0 unspecified atom stereocenters. The van der Waals surface area contributed by atoms with Crippen LogP contribution < -0.4 is 5.73 Å². The number of carbonyl (C=O) groups is 2. The van der Waals surface area contributed by atoms with E-state index in [1.165, 1.54) is 5.56 Å². The van der Waals surface area contributed by atoms with Gasteiger partial charge < -0.3 is 20.5 Å². The zero-order chi connectivity index (χ0) is 26.9. The zero-order valence-corrected chi connectivity index (χ0v) is 22.9. The summed E-state index contributed by atoms with van der Waals surface area (Å²) in [5.41, 5.74) is 7.05. The number of rotatable bonds is 7. The molecule has 3 aliphatic rings. The topological polar surface area (TPSA) is 121 Å². The molecule has 3 N–H and O–H groups in total. The van der Waals surface area contributed by atoms with Crippen LogP contribution in [-0.4, -0.2) is 82.8 Å². The first-order chi connectivity index (χ1) is 17.6. The number of morpholine rings is 1. The molecule has 2 atom stereocenters. The van der Waals surface area contributed by atoms with E-state index < -0.39 is 5.97 Å². The van der Waals surface area contributed by atoms with Gasteiger partial charge in [-0.1, -0.05) is 37.6 Å². The first kappa shape index (κ1) is 29.1. The second-order valence-electron chi connectivity index (χ2n) is 10.4. The van der Waals surface area contributed by atoms with Crippen LogP contribution >= 0.6 is 11.6 Å². The molecule has 0 saturated carbocycles. The van der Waals surface area contributed by atoms with Crippen LogP contribution in [0.3, 0.4) is 0 Å². The summed E-state index contributed by atoms with van der Waals surface area (Å²) in [6, 6.07) is 8.73. The van der Waals surface area contributed by atoms with E-state index in [-0.39, 0.29) is 17.9 Å². The molecular weight excluding hydrogens is 494 g/mol. The molecule has 9 nitrogen and oxygen atoms in total. The monoisotopic (exact) mass is 533 g/mol. The largest absolute Gasteiger partial charge is 0.481 e. The Morgan fingerprint density at radius 3 is 2.41 bits per heavy atom. The molecule has 0 aromatic heterocycles. The Bertz CT molecular complexity index is 970. The molecule has 204 valence electrons.